The number of allylic oxidation sites excluding steroid dienone is 1. The standard InChI is InChI=1S/C34H35N5O4/c1-24(10-8-9-18-37-22-30(35-36-37)28(23-40)26-13-6-3-7-14-26)34(43)29-20-27(38-19-17-32(38)41)15-16-31(29)39(33(34)42)21-25-11-4-2-5-12-25/h2-8,10-16,20,22,24,28,40,43H,9,17-19,21,23H2,1H3/b10-8+/t24-,28?,34+/m0/s1. The van der Waals surface area contributed by atoms with Crippen molar-refractivity contribution < 1.29 is 19.8 Å². The number of anilines is 2. The van der Waals surface area contributed by atoms with E-state index in [1.807, 2.05) is 98.1 Å². The smallest absolute Gasteiger partial charge is 0.264 e. The number of aromatic nitrogens is 3. The SMILES string of the molecule is C[C@@H](/C=C/CCn1cc(C(CO)c2ccccc2)nn1)[C@]1(O)C(=O)N(Cc2ccccc2)c2ccc(N3CCC3=O)cc21. The van der Waals surface area contributed by atoms with Crippen molar-refractivity contribution in [3.63, 3.8) is 0 Å². The van der Waals surface area contributed by atoms with Crippen molar-refractivity contribution in [2.45, 2.75) is 44.4 Å². The van der Waals surface area contributed by atoms with Gasteiger partial charge in [0.15, 0.2) is 5.60 Å². The van der Waals surface area contributed by atoms with Crippen LogP contribution < -0.4 is 9.80 Å². The van der Waals surface area contributed by atoms with E-state index < -0.39 is 11.5 Å². The van der Waals surface area contributed by atoms with Crippen molar-refractivity contribution in [3.05, 3.63) is 120 Å². The van der Waals surface area contributed by atoms with Gasteiger partial charge in [0.2, 0.25) is 5.91 Å². The first-order valence-electron chi connectivity index (χ1n) is 14.7. The molecular weight excluding hydrogens is 542 g/mol. The van der Waals surface area contributed by atoms with Crippen molar-refractivity contribution in [3.8, 4) is 0 Å². The van der Waals surface area contributed by atoms with Crippen LogP contribution in [-0.4, -0.2) is 50.2 Å². The number of aliphatic hydroxyl groups is 2. The van der Waals surface area contributed by atoms with Crippen LogP contribution in [0, 0.1) is 5.92 Å². The summed E-state index contributed by atoms with van der Waals surface area (Å²) in [5, 5.41) is 30.6. The summed E-state index contributed by atoms with van der Waals surface area (Å²) in [6, 6.07) is 24.9. The van der Waals surface area contributed by atoms with Crippen molar-refractivity contribution in [2.24, 2.45) is 5.92 Å². The third-order valence-electron chi connectivity index (χ3n) is 8.50. The Balaban J connectivity index is 1.19. The van der Waals surface area contributed by atoms with Crippen LogP contribution in [0.5, 0.6) is 0 Å². The molecule has 2 aliphatic rings. The average Bonchev–Trinajstić information content (AvgIpc) is 3.57. The summed E-state index contributed by atoms with van der Waals surface area (Å²) in [6.45, 7) is 3.28. The average molecular weight is 578 g/mol. The lowest BCUT2D eigenvalue weighted by molar-refractivity contribution is -0.139. The Morgan fingerprint density at radius 2 is 1.77 bits per heavy atom. The minimum Gasteiger partial charge on any atom is -0.395 e. The minimum atomic E-state index is -1.78. The molecule has 0 saturated carbocycles. The normalized spacial score (nSPS) is 19.5. The number of nitrogens with zero attached hydrogens (tertiary/aromatic N) is 5. The number of benzene rings is 3. The third kappa shape index (κ3) is 5.37. The molecule has 4 aromatic rings. The Hall–Kier alpha value is -4.60. The van der Waals surface area contributed by atoms with Gasteiger partial charge in [0.1, 0.15) is 0 Å². The number of fused-ring (bicyclic) bond motifs is 1. The molecule has 1 fully saturated rings. The maximum absolute atomic E-state index is 13.9. The molecule has 9 heteroatoms. The van der Waals surface area contributed by atoms with E-state index in [-0.39, 0.29) is 24.3 Å². The molecule has 1 aromatic heterocycles. The summed E-state index contributed by atoms with van der Waals surface area (Å²) < 4.78 is 1.73. The van der Waals surface area contributed by atoms with E-state index in [1.165, 1.54) is 0 Å². The Morgan fingerprint density at radius 1 is 1.02 bits per heavy atom. The van der Waals surface area contributed by atoms with Crippen LogP contribution in [-0.2, 0) is 28.3 Å². The molecule has 220 valence electrons. The molecule has 9 nitrogen and oxygen atoms in total. The number of carbonyl (C=O) groups is 2. The van der Waals surface area contributed by atoms with Crippen molar-refractivity contribution in [2.75, 3.05) is 23.0 Å². The third-order valence-corrected chi connectivity index (χ3v) is 8.50. The highest BCUT2D eigenvalue weighted by Gasteiger charge is 2.52. The van der Waals surface area contributed by atoms with Crippen molar-refractivity contribution >= 4 is 23.2 Å². The van der Waals surface area contributed by atoms with Gasteiger partial charge >= 0.3 is 0 Å². The molecule has 1 saturated heterocycles. The molecule has 0 bridgehead atoms. The monoisotopic (exact) mass is 577 g/mol. The second-order valence-corrected chi connectivity index (χ2v) is 11.2. The van der Waals surface area contributed by atoms with Gasteiger partial charge in [-0.25, -0.2) is 0 Å². The van der Waals surface area contributed by atoms with E-state index in [4.69, 9.17) is 0 Å². The Kier molecular flexibility index (Phi) is 7.92. The number of hydrogen-bond acceptors (Lipinski definition) is 6. The second-order valence-electron chi connectivity index (χ2n) is 11.2. The summed E-state index contributed by atoms with van der Waals surface area (Å²) in [6.07, 6.45) is 6.76. The molecule has 2 amide bonds. The molecule has 3 aromatic carbocycles. The highest BCUT2D eigenvalue weighted by molar-refractivity contribution is 6.08. The van der Waals surface area contributed by atoms with Crippen LogP contribution in [0.2, 0.25) is 0 Å². The van der Waals surface area contributed by atoms with Crippen LogP contribution in [0.15, 0.2) is 97.2 Å². The molecule has 2 N–H and O–H groups in total. The molecule has 43 heavy (non-hydrogen) atoms. The number of hydrogen-bond donors (Lipinski definition) is 2. The minimum absolute atomic E-state index is 0.0345. The predicted octanol–water partition coefficient (Wildman–Crippen LogP) is 4.16. The van der Waals surface area contributed by atoms with Crippen LogP contribution in [0.4, 0.5) is 11.4 Å². The first-order valence-corrected chi connectivity index (χ1v) is 14.7. The molecule has 0 radical (unpaired) electrons. The molecular formula is C34H35N5O4. The Labute approximate surface area is 250 Å². The molecule has 0 aliphatic carbocycles. The number of aryl methyl sites for hydroxylation is 1. The molecule has 3 atom stereocenters. The fraction of sp³-hybridized carbons (Fsp3) is 0.294. The maximum Gasteiger partial charge on any atom is 0.264 e. The molecule has 0 spiro atoms. The lowest BCUT2D eigenvalue weighted by Gasteiger charge is -2.32. The van der Waals surface area contributed by atoms with Gasteiger partial charge in [0, 0.05) is 42.9 Å². The van der Waals surface area contributed by atoms with Gasteiger partial charge < -0.3 is 20.0 Å². The molecule has 3 heterocycles. The summed E-state index contributed by atoms with van der Waals surface area (Å²) in [4.78, 5) is 29.4. The molecule has 2 aliphatic heterocycles. The van der Waals surface area contributed by atoms with Crippen molar-refractivity contribution in [1.29, 1.82) is 0 Å². The van der Waals surface area contributed by atoms with E-state index in [2.05, 4.69) is 10.3 Å². The van der Waals surface area contributed by atoms with Gasteiger partial charge in [-0.3, -0.25) is 14.3 Å². The van der Waals surface area contributed by atoms with Gasteiger partial charge in [-0.15, -0.1) is 5.10 Å². The van der Waals surface area contributed by atoms with E-state index in [9.17, 15) is 19.8 Å². The second kappa shape index (κ2) is 11.9. The first kappa shape index (κ1) is 28.5. The fourth-order valence-corrected chi connectivity index (χ4v) is 5.90. The number of amides is 2. The van der Waals surface area contributed by atoms with Gasteiger partial charge in [-0.05, 0) is 35.7 Å². The Morgan fingerprint density at radius 3 is 2.44 bits per heavy atom. The lowest BCUT2D eigenvalue weighted by atomic mass is 9.82. The summed E-state index contributed by atoms with van der Waals surface area (Å²) in [7, 11) is 0. The van der Waals surface area contributed by atoms with Gasteiger partial charge in [0.05, 0.1) is 30.5 Å². The quantitative estimate of drug-likeness (QED) is 0.205. The van der Waals surface area contributed by atoms with Crippen LogP contribution in [0.1, 0.15) is 48.1 Å². The zero-order valence-corrected chi connectivity index (χ0v) is 24.1. The predicted molar refractivity (Wildman–Crippen MR) is 163 cm³/mol. The molecule has 1 unspecified atom stereocenters. The largest absolute Gasteiger partial charge is 0.395 e. The van der Waals surface area contributed by atoms with Crippen LogP contribution >= 0.6 is 0 Å². The van der Waals surface area contributed by atoms with E-state index >= 15 is 0 Å². The highest BCUT2D eigenvalue weighted by Crippen LogP contribution is 2.47. The number of aliphatic hydroxyl groups excluding tert-OH is 1. The number of carbonyl (C=O) groups excluding carboxylic acids is 2. The van der Waals surface area contributed by atoms with Gasteiger partial charge in [-0.1, -0.05) is 85.0 Å². The van der Waals surface area contributed by atoms with Crippen LogP contribution in [0.25, 0.3) is 0 Å². The number of β-lactam (4-membered cyclic amide) rings is 1. The van der Waals surface area contributed by atoms with Crippen LogP contribution in [0.3, 0.4) is 0 Å². The van der Waals surface area contributed by atoms with E-state index in [0.717, 1.165) is 11.1 Å². The highest BCUT2D eigenvalue weighted by atomic mass is 16.3. The number of rotatable bonds is 11. The lowest BCUT2D eigenvalue weighted by Crippen LogP contribution is -2.44. The summed E-state index contributed by atoms with van der Waals surface area (Å²) >= 11 is 0. The summed E-state index contributed by atoms with van der Waals surface area (Å²) in [5.41, 5.74) is 2.71. The zero-order chi connectivity index (χ0) is 30.0. The Bertz CT molecular complexity index is 1640. The van der Waals surface area contributed by atoms with Crippen molar-refractivity contribution in [1.82, 2.24) is 15.0 Å². The first-order chi connectivity index (χ1) is 20.9. The van der Waals surface area contributed by atoms with Gasteiger partial charge in [-0.2, -0.15) is 0 Å². The topological polar surface area (TPSA) is 112 Å². The van der Waals surface area contributed by atoms with E-state index in [1.54, 1.807) is 20.5 Å². The molecule has 6 rings (SSSR count). The zero-order valence-electron chi connectivity index (χ0n) is 24.1. The maximum atomic E-state index is 13.9. The van der Waals surface area contributed by atoms with E-state index in [0.29, 0.717) is 55.1 Å². The fourth-order valence-electron chi connectivity index (χ4n) is 5.90. The summed E-state index contributed by atoms with van der Waals surface area (Å²) in [5.74, 6) is -1.13. The van der Waals surface area contributed by atoms with Gasteiger partial charge in [0.25, 0.3) is 5.91 Å².